The van der Waals surface area contributed by atoms with Gasteiger partial charge >= 0.3 is 6.03 Å². The number of barbiturate groups is 1. The number of aromatic nitrogens is 1. The number of amides is 5. The van der Waals surface area contributed by atoms with Crippen LogP contribution in [0.3, 0.4) is 0 Å². The number of ether oxygens (including phenoxy) is 2. The van der Waals surface area contributed by atoms with E-state index in [-0.39, 0.29) is 23.6 Å². The van der Waals surface area contributed by atoms with E-state index in [1.165, 1.54) is 32.4 Å². The molecule has 1 aromatic heterocycles. The molecule has 33 heavy (non-hydrogen) atoms. The van der Waals surface area contributed by atoms with E-state index in [0.717, 1.165) is 4.90 Å². The van der Waals surface area contributed by atoms with Crippen LogP contribution in [-0.2, 0) is 20.9 Å². The molecule has 3 aromatic rings. The number of carbonyl (C=O) groups is 4. The van der Waals surface area contributed by atoms with Crippen LogP contribution in [0.2, 0.25) is 0 Å². The second-order valence-corrected chi connectivity index (χ2v) is 7.19. The summed E-state index contributed by atoms with van der Waals surface area (Å²) in [6.07, 6.45) is 3.00. The Morgan fingerprint density at radius 2 is 1.85 bits per heavy atom. The van der Waals surface area contributed by atoms with E-state index >= 15 is 0 Å². The highest BCUT2D eigenvalue weighted by molar-refractivity contribution is 6.39. The maximum atomic E-state index is 13.3. The molecule has 2 heterocycles. The highest BCUT2D eigenvalue weighted by Crippen LogP contribution is 2.34. The first-order chi connectivity index (χ1) is 15.8. The predicted molar refractivity (Wildman–Crippen MR) is 120 cm³/mol. The van der Waals surface area contributed by atoms with Gasteiger partial charge in [-0.3, -0.25) is 19.7 Å². The van der Waals surface area contributed by atoms with Crippen molar-refractivity contribution in [2.24, 2.45) is 5.73 Å². The molecule has 1 aliphatic rings. The number of anilines is 1. The van der Waals surface area contributed by atoms with E-state index in [1.54, 1.807) is 41.1 Å². The number of benzene rings is 2. The molecule has 10 heteroatoms. The van der Waals surface area contributed by atoms with Gasteiger partial charge in [0.25, 0.3) is 11.8 Å². The van der Waals surface area contributed by atoms with Crippen LogP contribution in [0.25, 0.3) is 17.0 Å². The first kappa shape index (κ1) is 21.6. The Hall–Kier alpha value is -4.60. The Bertz CT molecular complexity index is 1340. The second kappa shape index (κ2) is 8.50. The molecule has 0 atom stereocenters. The van der Waals surface area contributed by atoms with E-state index in [2.05, 4.69) is 5.32 Å². The van der Waals surface area contributed by atoms with Crippen LogP contribution in [-0.4, -0.2) is 42.5 Å². The number of rotatable bonds is 6. The molecule has 0 unspecified atom stereocenters. The molecule has 5 amide bonds. The van der Waals surface area contributed by atoms with Crippen molar-refractivity contribution in [2.75, 3.05) is 19.1 Å². The number of carbonyl (C=O) groups excluding carboxylic acids is 4. The highest BCUT2D eigenvalue weighted by Gasteiger charge is 2.38. The fourth-order valence-corrected chi connectivity index (χ4v) is 3.69. The molecule has 1 aliphatic heterocycles. The number of nitrogens with zero attached hydrogens (tertiary/aromatic N) is 2. The summed E-state index contributed by atoms with van der Waals surface area (Å²) >= 11 is 0. The van der Waals surface area contributed by atoms with Crippen LogP contribution in [0.1, 0.15) is 5.56 Å². The van der Waals surface area contributed by atoms with Crippen LogP contribution < -0.4 is 25.4 Å². The number of imide groups is 2. The van der Waals surface area contributed by atoms with Gasteiger partial charge in [0, 0.05) is 28.7 Å². The van der Waals surface area contributed by atoms with E-state index < -0.39 is 23.8 Å². The molecule has 1 saturated heterocycles. The van der Waals surface area contributed by atoms with Crippen LogP contribution in [0.4, 0.5) is 10.5 Å². The Balaban J connectivity index is 1.81. The molecule has 4 rings (SSSR count). The quantitative estimate of drug-likeness (QED) is 0.437. The standard InChI is InChI=1S/C23H20N4O6/c1-32-14-7-8-18(19(10-14)33-2)27-22(30)16(21(29)25-23(27)31)9-13-11-26(12-20(24)28)17-6-4-3-5-15(13)17/h3-11H,12H2,1-2H3,(H2,24,28)(H,25,29,31)/b16-9+. The third-order valence-corrected chi connectivity index (χ3v) is 5.17. The lowest BCUT2D eigenvalue weighted by molar-refractivity contribution is -0.122. The largest absolute Gasteiger partial charge is 0.497 e. The lowest BCUT2D eigenvalue weighted by Gasteiger charge is -2.27. The number of hydrogen-bond acceptors (Lipinski definition) is 6. The van der Waals surface area contributed by atoms with Crippen molar-refractivity contribution in [3.8, 4) is 11.5 Å². The Labute approximate surface area is 188 Å². The summed E-state index contributed by atoms with van der Waals surface area (Å²) in [4.78, 5) is 50.8. The SMILES string of the molecule is COc1ccc(N2C(=O)NC(=O)/C(=C\c3cn(CC(N)=O)c4ccccc34)C2=O)c(OC)c1. The number of hydrogen-bond donors (Lipinski definition) is 2. The highest BCUT2D eigenvalue weighted by atomic mass is 16.5. The summed E-state index contributed by atoms with van der Waals surface area (Å²) in [5.74, 6) is -1.51. The van der Waals surface area contributed by atoms with Crippen LogP contribution in [0, 0.1) is 0 Å². The van der Waals surface area contributed by atoms with E-state index in [9.17, 15) is 19.2 Å². The molecule has 0 bridgehead atoms. The molecule has 1 fully saturated rings. The Kier molecular flexibility index (Phi) is 5.57. The first-order valence-electron chi connectivity index (χ1n) is 9.83. The van der Waals surface area contributed by atoms with Gasteiger partial charge in [0.05, 0.1) is 19.9 Å². The number of primary amides is 1. The summed E-state index contributed by atoms with van der Waals surface area (Å²) in [5.41, 5.74) is 6.45. The van der Waals surface area contributed by atoms with E-state index in [0.29, 0.717) is 22.2 Å². The van der Waals surface area contributed by atoms with Gasteiger partial charge in [-0.2, -0.15) is 0 Å². The zero-order chi connectivity index (χ0) is 23.7. The molecule has 0 radical (unpaired) electrons. The van der Waals surface area contributed by atoms with E-state index in [1.807, 2.05) is 0 Å². The fraction of sp³-hybridized carbons (Fsp3) is 0.130. The average molecular weight is 448 g/mol. The van der Waals surface area contributed by atoms with Crippen molar-refractivity contribution in [1.29, 1.82) is 0 Å². The van der Waals surface area contributed by atoms with Gasteiger partial charge < -0.3 is 19.8 Å². The van der Waals surface area contributed by atoms with Crippen LogP contribution in [0.5, 0.6) is 11.5 Å². The average Bonchev–Trinajstić information content (AvgIpc) is 3.13. The summed E-state index contributed by atoms with van der Waals surface area (Å²) in [6, 6.07) is 10.8. The smallest absolute Gasteiger partial charge is 0.336 e. The van der Waals surface area contributed by atoms with Crippen LogP contribution >= 0.6 is 0 Å². The van der Waals surface area contributed by atoms with E-state index in [4.69, 9.17) is 15.2 Å². The van der Waals surface area contributed by atoms with Crippen molar-refractivity contribution >= 4 is 46.4 Å². The number of nitrogens with two attached hydrogens (primary N) is 1. The van der Waals surface area contributed by atoms with Crippen molar-refractivity contribution in [3.63, 3.8) is 0 Å². The second-order valence-electron chi connectivity index (χ2n) is 7.19. The molecule has 168 valence electrons. The molecule has 0 aliphatic carbocycles. The molecule has 10 nitrogen and oxygen atoms in total. The predicted octanol–water partition coefficient (Wildman–Crippen LogP) is 1.81. The maximum absolute atomic E-state index is 13.3. The molecule has 3 N–H and O–H groups in total. The van der Waals surface area contributed by atoms with Gasteiger partial charge in [0.1, 0.15) is 23.6 Å². The summed E-state index contributed by atoms with van der Waals surface area (Å²) in [5, 5.41) is 2.89. The lowest BCUT2D eigenvalue weighted by atomic mass is 10.1. The minimum absolute atomic E-state index is 0.0719. The zero-order valence-electron chi connectivity index (χ0n) is 17.8. The summed E-state index contributed by atoms with van der Waals surface area (Å²) in [6.45, 7) is -0.0719. The fourth-order valence-electron chi connectivity index (χ4n) is 3.69. The molecule has 0 spiro atoms. The van der Waals surface area contributed by atoms with Crippen LogP contribution in [0.15, 0.2) is 54.2 Å². The monoisotopic (exact) mass is 448 g/mol. The Morgan fingerprint density at radius 3 is 2.55 bits per heavy atom. The molecule has 2 aromatic carbocycles. The third kappa shape index (κ3) is 3.89. The lowest BCUT2D eigenvalue weighted by Crippen LogP contribution is -2.54. The van der Waals surface area contributed by atoms with Crippen molar-refractivity contribution in [3.05, 3.63) is 59.8 Å². The van der Waals surface area contributed by atoms with Crippen molar-refractivity contribution < 1.29 is 28.7 Å². The van der Waals surface area contributed by atoms with Gasteiger partial charge in [-0.25, -0.2) is 9.69 Å². The van der Waals surface area contributed by atoms with Gasteiger partial charge in [-0.15, -0.1) is 0 Å². The minimum atomic E-state index is -0.901. The maximum Gasteiger partial charge on any atom is 0.336 e. The first-order valence-corrected chi connectivity index (χ1v) is 9.83. The zero-order valence-corrected chi connectivity index (χ0v) is 17.8. The molecular weight excluding hydrogens is 428 g/mol. The van der Waals surface area contributed by atoms with Gasteiger partial charge in [-0.05, 0) is 24.3 Å². The van der Waals surface area contributed by atoms with Gasteiger partial charge in [-0.1, -0.05) is 18.2 Å². The van der Waals surface area contributed by atoms with Crippen molar-refractivity contribution in [2.45, 2.75) is 6.54 Å². The summed E-state index contributed by atoms with van der Waals surface area (Å²) in [7, 11) is 2.86. The third-order valence-electron chi connectivity index (χ3n) is 5.17. The minimum Gasteiger partial charge on any atom is -0.497 e. The van der Waals surface area contributed by atoms with Gasteiger partial charge in [0.15, 0.2) is 0 Å². The normalized spacial score (nSPS) is 15.2. The number of methoxy groups -OCH3 is 2. The topological polar surface area (TPSA) is 133 Å². The number of fused-ring (bicyclic) bond motifs is 1. The Morgan fingerprint density at radius 1 is 1.09 bits per heavy atom. The number of urea groups is 1. The number of para-hydroxylation sites is 1. The summed E-state index contributed by atoms with van der Waals surface area (Å²) < 4.78 is 12.1. The molecular formula is C23H20N4O6. The van der Waals surface area contributed by atoms with Gasteiger partial charge in [0.2, 0.25) is 5.91 Å². The molecule has 0 saturated carbocycles. The number of nitrogens with one attached hydrogen (secondary N) is 1. The van der Waals surface area contributed by atoms with Crippen molar-refractivity contribution in [1.82, 2.24) is 9.88 Å².